The molecule has 1 aromatic carbocycles. The normalized spacial score (nSPS) is 22.0. The molecule has 0 N–H and O–H groups in total. The highest BCUT2D eigenvalue weighted by Crippen LogP contribution is 2.38. The van der Waals surface area contributed by atoms with E-state index >= 15 is 0 Å². The van der Waals surface area contributed by atoms with Crippen LogP contribution in [0.2, 0.25) is 0 Å². The molecule has 0 spiro atoms. The Balaban J connectivity index is 1.49. The molecule has 27 heavy (non-hydrogen) atoms. The summed E-state index contributed by atoms with van der Waals surface area (Å²) in [7, 11) is 0. The maximum absolute atomic E-state index is 12.9. The molecular weight excluding hydrogens is 342 g/mol. The summed E-state index contributed by atoms with van der Waals surface area (Å²) in [6.45, 7) is 2.79. The lowest BCUT2D eigenvalue weighted by atomic mass is 10.00. The number of amides is 2. The molecule has 0 bridgehead atoms. The zero-order valence-electron chi connectivity index (χ0n) is 14.7. The third kappa shape index (κ3) is 2.38. The Morgan fingerprint density at radius 2 is 1.67 bits per heavy atom. The van der Waals surface area contributed by atoms with Crippen molar-refractivity contribution >= 4 is 34.2 Å². The van der Waals surface area contributed by atoms with Gasteiger partial charge in [-0.15, -0.1) is 0 Å². The number of anilines is 2. The second kappa shape index (κ2) is 5.84. The molecule has 0 radical (unpaired) electrons. The first-order valence-electron chi connectivity index (χ1n) is 8.89. The standard InChI is InChI=1S/C20H17N5O2/c1-12-22-17-9-21-8-7-14(17)18(23-12)24-10-15-16(11-24)20(27)25(19(15)26)13-5-3-2-4-6-13/h2-9,15-16H,10-11H2,1H3. The number of carbonyl (C=O) groups is 2. The molecule has 4 heterocycles. The molecule has 2 amide bonds. The number of para-hydroxylation sites is 1. The SMILES string of the molecule is Cc1nc(N2CC3C(=O)N(c4ccccc4)C(=O)C3C2)c2ccncc2n1. The van der Waals surface area contributed by atoms with Gasteiger partial charge in [-0.2, -0.15) is 0 Å². The summed E-state index contributed by atoms with van der Waals surface area (Å²) in [5.41, 5.74) is 1.41. The molecule has 7 heteroatoms. The monoisotopic (exact) mass is 359 g/mol. The van der Waals surface area contributed by atoms with Gasteiger partial charge in [-0.05, 0) is 25.1 Å². The van der Waals surface area contributed by atoms with Crippen LogP contribution in [0.15, 0.2) is 48.8 Å². The Morgan fingerprint density at radius 3 is 2.37 bits per heavy atom. The third-order valence-corrected chi connectivity index (χ3v) is 5.30. The topological polar surface area (TPSA) is 79.3 Å². The van der Waals surface area contributed by atoms with Crippen LogP contribution >= 0.6 is 0 Å². The molecule has 7 nitrogen and oxygen atoms in total. The lowest BCUT2D eigenvalue weighted by molar-refractivity contribution is -0.122. The minimum atomic E-state index is -0.343. The second-order valence-electron chi connectivity index (χ2n) is 6.95. The van der Waals surface area contributed by atoms with Crippen molar-refractivity contribution in [3.05, 3.63) is 54.6 Å². The summed E-state index contributed by atoms with van der Waals surface area (Å²) in [5.74, 6) is 0.466. The number of fused-ring (bicyclic) bond motifs is 2. The summed E-state index contributed by atoms with van der Waals surface area (Å²) < 4.78 is 0. The number of benzene rings is 1. The van der Waals surface area contributed by atoms with Crippen molar-refractivity contribution in [3.63, 3.8) is 0 Å². The van der Waals surface area contributed by atoms with Gasteiger partial charge in [0.15, 0.2) is 0 Å². The second-order valence-corrected chi connectivity index (χ2v) is 6.95. The van der Waals surface area contributed by atoms with Crippen LogP contribution in [0.5, 0.6) is 0 Å². The minimum absolute atomic E-state index is 0.129. The van der Waals surface area contributed by atoms with Gasteiger partial charge in [-0.1, -0.05) is 18.2 Å². The molecule has 2 atom stereocenters. The third-order valence-electron chi connectivity index (χ3n) is 5.30. The van der Waals surface area contributed by atoms with E-state index in [1.807, 2.05) is 36.1 Å². The molecule has 2 unspecified atom stereocenters. The van der Waals surface area contributed by atoms with Crippen molar-refractivity contribution in [1.82, 2.24) is 15.0 Å². The van der Waals surface area contributed by atoms with Gasteiger partial charge < -0.3 is 4.90 Å². The highest BCUT2D eigenvalue weighted by atomic mass is 16.2. The molecule has 2 aliphatic heterocycles. The Labute approximate surface area is 155 Å². The van der Waals surface area contributed by atoms with E-state index in [4.69, 9.17) is 0 Å². The van der Waals surface area contributed by atoms with E-state index in [0.29, 0.717) is 24.6 Å². The summed E-state index contributed by atoms with van der Waals surface area (Å²) in [5, 5.41) is 0.885. The van der Waals surface area contributed by atoms with E-state index in [-0.39, 0.29) is 23.7 Å². The number of nitrogens with zero attached hydrogens (tertiary/aromatic N) is 5. The van der Waals surface area contributed by atoms with Crippen LogP contribution in [0.25, 0.3) is 10.9 Å². The summed E-state index contributed by atoms with van der Waals surface area (Å²) in [4.78, 5) is 42.4. The van der Waals surface area contributed by atoms with E-state index in [1.54, 1.807) is 24.5 Å². The van der Waals surface area contributed by atoms with Crippen LogP contribution in [0.1, 0.15) is 5.82 Å². The Kier molecular flexibility index (Phi) is 3.43. The lowest BCUT2D eigenvalue weighted by Gasteiger charge is -2.22. The quantitative estimate of drug-likeness (QED) is 0.651. The van der Waals surface area contributed by atoms with Crippen molar-refractivity contribution < 1.29 is 9.59 Å². The van der Waals surface area contributed by atoms with E-state index in [0.717, 1.165) is 16.7 Å². The van der Waals surface area contributed by atoms with Crippen LogP contribution in [-0.2, 0) is 9.59 Å². The van der Waals surface area contributed by atoms with Gasteiger partial charge >= 0.3 is 0 Å². The molecule has 5 rings (SSSR count). The van der Waals surface area contributed by atoms with Crippen LogP contribution in [0.4, 0.5) is 11.5 Å². The van der Waals surface area contributed by atoms with E-state index in [1.165, 1.54) is 4.90 Å². The van der Waals surface area contributed by atoms with Crippen LogP contribution in [0, 0.1) is 18.8 Å². The molecule has 2 fully saturated rings. The highest BCUT2D eigenvalue weighted by molar-refractivity contribution is 6.22. The van der Waals surface area contributed by atoms with E-state index < -0.39 is 0 Å². The van der Waals surface area contributed by atoms with Crippen molar-refractivity contribution in [2.45, 2.75) is 6.92 Å². The number of imide groups is 1. The fourth-order valence-corrected chi connectivity index (χ4v) is 4.07. The van der Waals surface area contributed by atoms with Crippen molar-refractivity contribution in [2.24, 2.45) is 11.8 Å². The lowest BCUT2D eigenvalue weighted by Crippen LogP contribution is -2.36. The van der Waals surface area contributed by atoms with Gasteiger partial charge in [0, 0.05) is 24.7 Å². The number of aryl methyl sites for hydroxylation is 1. The molecule has 0 aliphatic carbocycles. The van der Waals surface area contributed by atoms with E-state index in [2.05, 4.69) is 15.0 Å². The van der Waals surface area contributed by atoms with Gasteiger partial charge in [-0.25, -0.2) is 14.9 Å². The number of pyridine rings is 1. The molecule has 2 aromatic heterocycles. The number of hydrogen-bond donors (Lipinski definition) is 0. The largest absolute Gasteiger partial charge is 0.354 e. The first-order chi connectivity index (χ1) is 13.1. The fraction of sp³-hybridized carbons (Fsp3) is 0.250. The summed E-state index contributed by atoms with van der Waals surface area (Å²) >= 11 is 0. The number of carbonyl (C=O) groups excluding carboxylic acids is 2. The molecule has 3 aromatic rings. The first-order valence-corrected chi connectivity index (χ1v) is 8.89. The van der Waals surface area contributed by atoms with Crippen molar-refractivity contribution in [3.8, 4) is 0 Å². The fourth-order valence-electron chi connectivity index (χ4n) is 4.07. The molecule has 134 valence electrons. The molecule has 2 aliphatic rings. The maximum atomic E-state index is 12.9. The molecular formula is C20H17N5O2. The average Bonchev–Trinajstić information content (AvgIpc) is 3.22. The smallest absolute Gasteiger partial charge is 0.239 e. The highest BCUT2D eigenvalue weighted by Gasteiger charge is 2.53. The Bertz CT molecular complexity index is 1040. The van der Waals surface area contributed by atoms with Gasteiger partial charge in [-0.3, -0.25) is 14.6 Å². The Hall–Kier alpha value is -3.35. The summed E-state index contributed by atoms with van der Waals surface area (Å²) in [6.07, 6.45) is 3.41. The number of hydrogen-bond acceptors (Lipinski definition) is 6. The van der Waals surface area contributed by atoms with Gasteiger partial charge in [0.2, 0.25) is 11.8 Å². The van der Waals surface area contributed by atoms with E-state index in [9.17, 15) is 9.59 Å². The predicted octanol–water partition coefficient (Wildman–Crippen LogP) is 1.96. The van der Waals surface area contributed by atoms with Gasteiger partial charge in [0.05, 0.1) is 29.2 Å². The van der Waals surface area contributed by atoms with Crippen molar-refractivity contribution in [2.75, 3.05) is 22.9 Å². The van der Waals surface area contributed by atoms with Gasteiger partial charge in [0.25, 0.3) is 0 Å². The minimum Gasteiger partial charge on any atom is -0.354 e. The Morgan fingerprint density at radius 1 is 0.963 bits per heavy atom. The maximum Gasteiger partial charge on any atom is 0.239 e. The van der Waals surface area contributed by atoms with Crippen LogP contribution in [0.3, 0.4) is 0 Å². The molecule has 0 saturated carbocycles. The first kappa shape index (κ1) is 15.9. The zero-order valence-corrected chi connectivity index (χ0v) is 14.7. The van der Waals surface area contributed by atoms with Gasteiger partial charge in [0.1, 0.15) is 11.6 Å². The average molecular weight is 359 g/mol. The molecule has 2 saturated heterocycles. The number of aromatic nitrogens is 3. The van der Waals surface area contributed by atoms with Crippen LogP contribution in [-0.4, -0.2) is 39.9 Å². The number of rotatable bonds is 2. The van der Waals surface area contributed by atoms with Crippen LogP contribution < -0.4 is 9.80 Å². The zero-order chi connectivity index (χ0) is 18.5. The van der Waals surface area contributed by atoms with Crippen molar-refractivity contribution in [1.29, 1.82) is 0 Å². The predicted molar refractivity (Wildman–Crippen MR) is 100 cm³/mol. The summed E-state index contributed by atoms with van der Waals surface area (Å²) in [6, 6.07) is 11.0.